The average Bonchev–Trinajstić information content (AvgIpc) is 2.63. The first-order chi connectivity index (χ1) is 8.49. The van der Waals surface area contributed by atoms with Crippen molar-refractivity contribution in [2.24, 2.45) is 5.92 Å². The molecule has 0 amide bonds. The Morgan fingerprint density at radius 3 is 2.83 bits per heavy atom. The maximum absolute atomic E-state index is 12.0. The summed E-state index contributed by atoms with van der Waals surface area (Å²) in [6.07, 6.45) is 0.683. The topological polar surface area (TPSA) is 97.5 Å². The lowest BCUT2D eigenvalue weighted by molar-refractivity contribution is -0.384. The van der Waals surface area contributed by atoms with Crippen molar-refractivity contribution in [3.8, 4) is 0 Å². The highest BCUT2D eigenvalue weighted by atomic mass is 16.6. The Kier molecular flexibility index (Phi) is 3.10. The van der Waals surface area contributed by atoms with E-state index in [0.717, 1.165) is 5.56 Å². The Bertz CT molecular complexity index is 537. The average molecular weight is 249 g/mol. The molecule has 0 fully saturated rings. The molecule has 1 atom stereocenters. The molecule has 1 unspecified atom stereocenters. The van der Waals surface area contributed by atoms with Crippen LogP contribution in [0.1, 0.15) is 28.8 Å². The lowest BCUT2D eigenvalue weighted by Crippen LogP contribution is -2.11. The quantitative estimate of drug-likeness (QED) is 0.648. The van der Waals surface area contributed by atoms with Crippen molar-refractivity contribution in [1.29, 1.82) is 0 Å². The number of carbonyl (C=O) groups excluding carboxylic acids is 1. The normalized spacial score (nSPS) is 17.6. The molecule has 0 bridgehead atoms. The molecule has 1 aromatic carbocycles. The molecular formula is C12H11NO5. The van der Waals surface area contributed by atoms with Gasteiger partial charge in [0.25, 0.3) is 5.69 Å². The number of nitrogens with zero attached hydrogens (tertiary/aromatic N) is 1. The summed E-state index contributed by atoms with van der Waals surface area (Å²) in [6, 6.07) is 4.22. The van der Waals surface area contributed by atoms with Gasteiger partial charge in [0, 0.05) is 30.0 Å². The summed E-state index contributed by atoms with van der Waals surface area (Å²) in [5.74, 6) is -1.49. The van der Waals surface area contributed by atoms with E-state index in [4.69, 9.17) is 5.11 Å². The Balaban J connectivity index is 2.20. The van der Waals surface area contributed by atoms with Gasteiger partial charge in [-0.15, -0.1) is 0 Å². The zero-order valence-electron chi connectivity index (χ0n) is 9.46. The number of fused-ring (bicyclic) bond motifs is 1. The van der Waals surface area contributed by atoms with Gasteiger partial charge in [0.1, 0.15) is 0 Å². The molecule has 1 aliphatic rings. The molecule has 2 rings (SSSR count). The minimum atomic E-state index is -0.940. The van der Waals surface area contributed by atoms with Gasteiger partial charge in [-0.1, -0.05) is 6.07 Å². The van der Waals surface area contributed by atoms with Gasteiger partial charge in [0.2, 0.25) is 0 Å². The highest BCUT2D eigenvalue weighted by Crippen LogP contribution is 2.32. The number of nitro benzene ring substituents is 1. The van der Waals surface area contributed by atoms with Gasteiger partial charge in [0.15, 0.2) is 5.78 Å². The smallest absolute Gasteiger partial charge is 0.303 e. The zero-order chi connectivity index (χ0) is 13.3. The van der Waals surface area contributed by atoms with Crippen LogP contribution in [0, 0.1) is 16.0 Å². The van der Waals surface area contributed by atoms with Gasteiger partial charge in [-0.05, 0) is 18.4 Å². The summed E-state index contributed by atoms with van der Waals surface area (Å²) in [5, 5.41) is 19.2. The van der Waals surface area contributed by atoms with Crippen molar-refractivity contribution in [3.05, 3.63) is 39.4 Å². The summed E-state index contributed by atoms with van der Waals surface area (Å²) in [5.41, 5.74) is 1.02. The Morgan fingerprint density at radius 2 is 2.22 bits per heavy atom. The number of Topliss-reactive ketones (excluding diaryl/α,β-unsaturated/α-hetero) is 1. The maximum Gasteiger partial charge on any atom is 0.303 e. The number of non-ortho nitro benzene ring substituents is 1. The van der Waals surface area contributed by atoms with Crippen LogP contribution in [-0.4, -0.2) is 21.8 Å². The minimum Gasteiger partial charge on any atom is -0.481 e. The summed E-state index contributed by atoms with van der Waals surface area (Å²) in [6.45, 7) is 0. The standard InChI is InChI=1S/C12H11NO5/c14-11(15)4-2-8-5-7-1-3-9(13(17)18)6-10(7)12(8)16/h1,3,6,8H,2,4-5H2,(H,14,15). The van der Waals surface area contributed by atoms with Gasteiger partial charge in [-0.3, -0.25) is 19.7 Å². The van der Waals surface area contributed by atoms with Crippen LogP contribution in [0.15, 0.2) is 18.2 Å². The van der Waals surface area contributed by atoms with Crippen LogP contribution in [0.25, 0.3) is 0 Å². The van der Waals surface area contributed by atoms with Gasteiger partial charge >= 0.3 is 5.97 Å². The Morgan fingerprint density at radius 1 is 1.50 bits per heavy atom. The van der Waals surface area contributed by atoms with E-state index < -0.39 is 10.9 Å². The highest BCUT2D eigenvalue weighted by molar-refractivity contribution is 6.02. The molecule has 0 radical (unpaired) electrons. The third-order valence-electron chi connectivity index (χ3n) is 3.11. The van der Waals surface area contributed by atoms with E-state index in [1.54, 1.807) is 6.07 Å². The molecular weight excluding hydrogens is 238 g/mol. The van der Waals surface area contributed by atoms with Crippen molar-refractivity contribution >= 4 is 17.4 Å². The van der Waals surface area contributed by atoms with Crippen molar-refractivity contribution in [2.45, 2.75) is 19.3 Å². The number of benzene rings is 1. The van der Waals surface area contributed by atoms with Crippen molar-refractivity contribution in [3.63, 3.8) is 0 Å². The summed E-state index contributed by atoms with van der Waals surface area (Å²) < 4.78 is 0. The maximum atomic E-state index is 12.0. The Labute approximate surface area is 102 Å². The molecule has 0 saturated carbocycles. The van der Waals surface area contributed by atoms with Crippen LogP contribution in [0.4, 0.5) is 5.69 Å². The number of nitro groups is 1. The highest BCUT2D eigenvalue weighted by Gasteiger charge is 2.31. The summed E-state index contributed by atoms with van der Waals surface area (Å²) in [7, 11) is 0. The van der Waals surface area contributed by atoms with E-state index in [1.165, 1.54) is 12.1 Å². The molecule has 0 spiro atoms. The van der Waals surface area contributed by atoms with Gasteiger partial charge < -0.3 is 5.11 Å². The van der Waals surface area contributed by atoms with E-state index in [-0.39, 0.29) is 30.2 Å². The van der Waals surface area contributed by atoms with Gasteiger partial charge in [0.05, 0.1) is 4.92 Å². The molecule has 1 aromatic rings. The molecule has 6 heteroatoms. The monoisotopic (exact) mass is 249 g/mol. The third kappa shape index (κ3) is 2.22. The number of ketones is 1. The van der Waals surface area contributed by atoms with Crippen molar-refractivity contribution in [2.75, 3.05) is 0 Å². The van der Waals surface area contributed by atoms with Crippen LogP contribution in [0.2, 0.25) is 0 Å². The number of rotatable bonds is 4. The fourth-order valence-corrected chi connectivity index (χ4v) is 2.19. The van der Waals surface area contributed by atoms with E-state index in [9.17, 15) is 19.7 Å². The Hall–Kier alpha value is -2.24. The van der Waals surface area contributed by atoms with Gasteiger partial charge in [-0.25, -0.2) is 0 Å². The van der Waals surface area contributed by atoms with Crippen molar-refractivity contribution < 1.29 is 19.6 Å². The minimum absolute atomic E-state index is 0.0630. The fourth-order valence-electron chi connectivity index (χ4n) is 2.19. The van der Waals surface area contributed by atoms with Crippen LogP contribution < -0.4 is 0 Å². The number of aliphatic carboxylic acids is 1. The second-order valence-corrected chi connectivity index (χ2v) is 4.30. The lowest BCUT2D eigenvalue weighted by Gasteiger charge is -2.04. The first-order valence-corrected chi connectivity index (χ1v) is 5.52. The zero-order valence-corrected chi connectivity index (χ0v) is 9.46. The molecule has 1 N–H and O–H groups in total. The number of carboxylic acid groups (broad SMARTS) is 1. The molecule has 0 saturated heterocycles. The van der Waals surface area contributed by atoms with Crippen LogP contribution >= 0.6 is 0 Å². The van der Waals surface area contributed by atoms with Crippen LogP contribution in [0.5, 0.6) is 0 Å². The first kappa shape index (κ1) is 12.2. The number of hydrogen-bond acceptors (Lipinski definition) is 4. The van der Waals surface area contributed by atoms with Crippen LogP contribution in [0.3, 0.4) is 0 Å². The molecule has 94 valence electrons. The largest absolute Gasteiger partial charge is 0.481 e. The third-order valence-corrected chi connectivity index (χ3v) is 3.11. The molecule has 0 heterocycles. The number of carbonyl (C=O) groups is 2. The molecule has 0 aromatic heterocycles. The van der Waals surface area contributed by atoms with Crippen LogP contribution in [-0.2, 0) is 11.2 Å². The van der Waals surface area contributed by atoms with Crippen molar-refractivity contribution in [1.82, 2.24) is 0 Å². The molecule has 1 aliphatic carbocycles. The fraction of sp³-hybridized carbons (Fsp3) is 0.333. The number of hydrogen-bond donors (Lipinski definition) is 1. The predicted octanol–water partition coefficient (Wildman–Crippen LogP) is 1.81. The molecule has 6 nitrogen and oxygen atoms in total. The van der Waals surface area contributed by atoms with E-state index >= 15 is 0 Å². The second kappa shape index (κ2) is 4.56. The first-order valence-electron chi connectivity index (χ1n) is 5.52. The van der Waals surface area contributed by atoms with E-state index in [2.05, 4.69) is 0 Å². The van der Waals surface area contributed by atoms with Gasteiger partial charge in [-0.2, -0.15) is 0 Å². The molecule has 0 aliphatic heterocycles. The second-order valence-electron chi connectivity index (χ2n) is 4.30. The molecule has 18 heavy (non-hydrogen) atoms. The SMILES string of the molecule is O=C(O)CCC1Cc2ccc([N+](=O)[O-])cc2C1=O. The van der Waals surface area contributed by atoms with E-state index in [1.807, 2.05) is 0 Å². The summed E-state index contributed by atoms with van der Waals surface area (Å²) in [4.78, 5) is 32.5. The summed E-state index contributed by atoms with van der Waals surface area (Å²) >= 11 is 0. The van der Waals surface area contributed by atoms with E-state index in [0.29, 0.717) is 12.0 Å². The lowest BCUT2D eigenvalue weighted by atomic mass is 9.99. The number of carboxylic acids is 1. The predicted molar refractivity (Wildman–Crippen MR) is 61.5 cm³/mol.